The summed E-state index contributed by atoms with van der Waals surface area (Å²) in [5.41, 5.74) is 0. The molecule has 0 aromatic carbocycles. The molecule has 0 aliphatic heterocycles. The summed E-state index contributed by atoms with van der Waals surface area (Å²) in [6, 6.07) is -2.13. The molecule has 0 spiro atoms. The Morgan fingerprint density at radius 2 is 1.25 bits per heavy atom. The van der Waals surface area contributed by atoms with Crippen LogP contribution in [0.1, 0.15) is 25.7 Å². The first-order valence-electron chi connectivity index (χ1n) is 7.51. The molecule has 0 heterocycles. The topological polar surface area (TPSA) is 124 Å². The molecule has 2 N–H and O–H groups in total. The second-order valence-corrected chi connectivity index (χ2v) is 5.94. The first kappa shape index (κ1) is 20.4. The van der Waals surface area contributed by atoms with E-state index in [0.717, 1.165) is 12.8 Å². The van der Waals surface area contributed by atoms with E-state index in [1.807, 2.05) is 0 Å². The number of amides is 4. The second kappa shape index (κ2) is 11.0. The minimum absolute atomic E-state index is 0.0147. The van der Waals surface area contributed by atoms with Crippen molar-refractivity contribution in [1.82, 2.24) is 20.7 Å². The second-order valence-electron chi connectivity index (χ2n) is 5.18. The number of carbonyl (C=O) groups is 2. The number of rotatable bonds is 8. The molecule has 4 amide bonds. The van der Waals surface area contributed by atoms with E-state index in [-0.39, 0.29) is 36.9 Å². The predicted molar refractivity (Wildman–Crippen MR) is 89.5 cm³/mol. The van der Waals surface area contributed by atoms with Crippen molar-refractivity contribution in [3.8, 4) is 0 Å². The zero-order valence-electron chi connectivity index (χ0n) is 13.0. The number of nitrogens with zero attached hydrogens (tertiary/aromatic N) is 4. The van der Waals surface area contributed by atoms with E-state index in [1.54, 1.807) is 0 Å². The molecule has 136 valence electrons. The molecule has 0 unspecified atom stereocenters. The van der Waals surface area contributed by atoms with Gasteiger partial charge >= 0.3 is 12.1 Å². The van der Waals surface area contributed by atoms with Gasteiger partial charge in [-0.1, -0.05) is 12.8 Å². The van der Waals surface area contributed by atoms with Crippen LogP contribution in [0, 0.1) is 9.81 Å². The molecule has 1 rings (SSSR count). The van der Waals surface area contributed by atoms with Crippen LogP contribution in [0.2, 0.25) is 0 Å². The van der Waals surface area contributed by atoms with Crippen molar-refractivity contribution >= 4 is 35.3 Å². The van der Waals surface area contributed by atoms with Crippen molar-refractivity contribution < 1.29 is 9.59 Å². The van der Waals surface area contributed by atoms with Gasteiger partial charge in [-0.05, 0) is 12.8 Å². The van der Waals surface area contributed by atoms with Crippen molar-refractivity contribution in [2.45, 2.75) is 37.8 Å². The third kappa shape index (κ3) is 6.08. The number of carbonyl (C=O) groups excluding carboxylic acids is 2. The molecule has 12 heteroatoms. The molecule has 0 radical (unpaired) electrons. The van der Waals surface area contributed by atoms with Crippen molar-refractivity contribution in [2.24, 2.45) is 10.6 Å². The van der Waals surface area contributed by atoms with E-state index in [1.165, 1.54) is 0 Å². The van der Waals surface area contributed by atoms with Gasteiger partial charge in [-0.3, -0.25) is 0 Å². The quantitative estimate of drug-likeness (QED) is 0.379. The Morgan fingerprint density at radius 3 is 1.54 bits per heavy atom. The van der Waals surface area contributed by atoms with Crippen molar-refractivity contribution in [3.05, 3.63) is 9.81 Å². The zero-order chi connectivity index (χ0) is 17.9. The van der Waals surface area contributed by atoms with E-state index in [9.17, 15) is 19.4 Å². The minimum Gasteiger partial charge on any atom is -0.332 e. The standard InChI is InChI=1S/C12H20Cl2N6O4/c13-5-7-19(17-23)11(21)15-9-3-1-2-4-10(9)16-12(22)20(18-24)8-6-14/h9-10H,1-8H2,(H,15,21)(H,16,22)/t9-,10-/m1/s1. The summed E-state index contributed by atoms with van der Waals surface area (Å²) in [5.74, 6) is 0.144. The molecule has 24 heavy (non-hydrogen) atoms. The zero-order valence-corrected chi connectivity index (χ0v) is 14.5. The number of nitroso groups, excluding NO2 is 2. The largest absolute Gasteiger partial charge is 0.340 e. The lowest BCUT2D eigenvalue weighted by atomic mass is 9.90. The van der Waals surface area contributed by atoms with E-state index in [4.69, 9.17) is 23.2 Å². The minimum atomic E-state index is -0.678. The summed E-state index contributed by atoms with van der Waals surface area (Å²) >= 11 is 11.0. The van der Waals surface area contributed by atoms with Gasteiger partial charge in [-0.2, -0.15) is 10.0 Å². The normalized spacial score (nSPS) is 19.9. The predicted octanol–water partition coefficient (Wildman–Crippen LogP) is 2.16. The van der Waals surface area contributed by atoms with Gasteiger partial charge in [0.15, 0.2) is 0 Å². The lowest BCUT2D eigenvalue weighted by molar-refractivity contribution is 0.176. The van der Waals surface area contributed by atoms with Crippen LogP contribution in [0.5, 0.6) is 0 Å². The molecule has 1 aliphatic rings. The van der Waals surface area contributed by atoms with Gasteiger partial charge in [0.05, 0.1) is 35.7 Å². The maximum atomic E-state index is 12.0. The fourth-order valence-electron chi connectivity index (χ4n) is 2.46. The summed E-state index contributed by atoms with van der Waals surface area (Å²) in [6.45, 7) is -0.0294. The number of hydrogen-bond donors (Lipinski definition) is 2. The maximum absolute atomic E-state index is 12.0. The van der Waals surface area contributed by atoms with Crippen LogP contribution in [0.3, 0.4) is 0 Å². The molecular formula is C12H20Cl2N6O4. The van der Waals surface area contributed by atoms with Gasteiger partial charge in [0.25, 0.3) is 0 Å². The molecule has 0 bridgehead atoms. The van der Waals surface area contributed by atoms with Crippen molar-refractivity contribution in [1.29, 1.82) is 0 Å². The van der Waals surface area contributed by atoms with Crippen molar-refractivity contribution in [2.75, 3.05) is 24.8 Å². The lowest BCUT2D eigenvalue weighted by Gasteiger charge is -2.33. The first-order valence-corrected chi connectivity index (χ1v) is 8.58. The van der Waals surface area contributed by atoms with Gasteiger partial charge in [0, 0.05) is 11.8 Å². The van der Waals surface area contributed by atoms with Crippen molar-refractivity contribution in [3.63, 3.8) is 0 Å². The fraction of sp³-hybridized carbons (Fsp3) is 0.833. The Morgan fingerprint density at radius 1 is 0.875 bits per heavy atom. The van der Waals surface area contributed by atoms with Crippen LogP contribution in [-0.2, 0) is 0 Å². The van der Waals surface area contributed by atoms with Gasteiger partial charge in [0.2, 0.25) is 0 Å². The molecule has 0 aromatic rings. The summed E-state index contributed by atoms with van der Waals surface area (Å²) in [6.07, 6.45) is 2.96. The highest BCUT2D eigenvalue weighted by Crippen LogP contribution is 2.19. The van der Waals surface area contributed by atoms with Gasteiger partial charge in [0.1, 0.15) is 0 Å². The van der Waals surface area contributed by atoms with E-state index in [0.29, 0.717) is 22.9 Å². The average molecular weight is 383 g/mol. The van der Waals surface area contributed by atoms with E-state index >= 15 is 0 Å². The summed E-state index contributed by atoms with van der Waals surface area (Å²) < 4.78 is 0. The number of halogens is 2. The SMILES string of the molecule is O=NN(CCCl)C(=O)N[C@@H]1CCCC[C@H]1NC(=O)N(CCCl)N=O. The van der Waals surface area contributed by atoms with E-state index in [2.05, 4.69) is 21.2 Å². The summed E-state index contributed by atoms with van der Waals surface area (Å²) in [7, 11) is 0. The Hall–Kier alpha value is -1.68. The highest BCUT2D eigenvalue weighted by atomic mass is 35.5. The van der Waals surface area contributed by atoms with E-state index < -0.39 is 12.1 Å². The third-order valence-corrected chi connectivity index (χ3v) is 3.98. The maximum Gasteiger partial charge on any atom is 0.340 e. The highest BCUT2D eigenvalue weighted by molar-refractivity contribution is 6.18. The molecule has 0 saturated heterocycles. The fourth-order valence-corrected chi connectivity index (χ4v) is 2.78. The average Bonchev–Trinajstić information content (AvgIpc) is 2.58. The van der Waals surface area contributed by atoms with Crippen LogP contribution in [0.25, 0.3) is 0 Å². The van der Waals surface area contributed by atoms with Crippen LogP contribution < -0.4 is 10.6 Å². The van der Waals surface area contributed by atoms with Crippen LogP contribution in [-0.4, -0.2) is 59.0 Å². The monoisotopic (exact) mass is 382 g/mol. The Balaban J connectivity index is 2.67. The van der Waals surface area contributed by atoms with Crippen LogP contribution in [0.15, 0.2) is 10.6 Å². The number of hydrogen-bond acceptors (Lipinski definition) is 6. The summed E-state index contributed by atoms with van der Waals surface area (Å²) in [5, 5.41) is 11.9. The molecule has 10 nitrogen and oxygen atoms in total. The van der Waals surface area contributed by atoms with Crippen LogP contribution in [0.4, 0.5) is 9.59 Å². The van der Waals surface area contributed by atoms with Crippen LogP contribution >= 0.6 is 23.2 Å². The number of alkyl halides is 2. The lowest BCUT2D eigenvalue weighted by Crippen LogP contribution is -2.56. The number of nitrogens with one attached hydrogen (secondary N) is 2. The molecule has 1 aliphatic carbocycles. The smallest absolute Gasteiger partial charge is 0.332 e. The molecule has 1 fully saturated rings. The third-order valence-electron chi connectivity index (χ3n) is 3.64. The van der Waals surface area contributed by atoms with Gasteiger partial charge in [-0.25, -0.2) is 9.59 Å². The Bertz CT molecular complexity index is 415. The number of urea groups is 2. The first-order chi connectivity index (χ1) is 11.6. The molecule has 0 aromatic heterocycles. The van der Waals surface area contributed by atoms with Gasteiger partial charge in [-0.15, -0.1) is 33.0 Å². The molecular weight excluding hydrogens is 363 g/mol. The molecule has 2 atom stereocenters. The Labute approximate surface area is 149 Å². The highest BCUT2D eigenvalue weighted by Gasteiger charge is 2.30. The summed E-state index contributed by atoms with van der Waals surface area (Å²) in [4.78, 5) is 45.3. The Kier molecular flexibility index (Phi) is 9.31. The molecule has 1 saturated carbocycles. The van der Waals surface area contributed by atoms with Gasteiger partial charge < -0.3 is 10.6 Å².